The standard InChI is InChI=1S/C15H16Cl2N2O/c1-10(2)18-9-12-4-3-5-15(19-12)20-14-8-11(16)6-7-13(14)17/h3-8,10,18H,9H2,1-2H3. The molecule has 0 saturated heterocycles. The maximum atomic E-state index is 6.06. The van der Waals surface area contributed by atoms with Crippen molar-refractivity contribution in [2.75, 3.05) is 0 Å². The van der Waals surface area contributed by atoms with Crippen molar-refractivity contribution >= 4 is 23.2 Å². The molecule has 1 aromatic carbocycles. The first-order chi connectivity index (χ1) is 9.54. The largest absolute Gasteiger partial charge is 0.437 e. The Morgan fingerprint density at radius 2 is 2.00 bits per heavy atom. The summed E-state index contributed by atoms with van der Waals surface area (Å²) in [6.07, 6.45) is 0. The molecule has 106 valence electrons. The summed E-state index contributed by atoms with van der Waals surface area (Å²) in [5, 5.41) is 4.38. The second kappa shape index (κ2) is 6.93. The highest BCUT2D eigenvalue weighted by atomic mass is 35.5. The summed E-state index contributed by atoms with van der Waals surface area (Å²) >= 11 is 12.0. The summed E-state index contributed by atoms with van der Waals surface area (Å²) in [5.74, 6) is 0.998. The SMILES string of the molecule is CC(C)NCc1cccc(Oc2cc(Cl)ccc2Cl)n1. The summed E-state index contributed by atoms with van der Waals surface area (Å²) in [7, 11) is 0. The number of halogens is 2. The van der Waals surface area contributed by atoms with Crippen molar-refractivity contribution in [3.63, 3.8) is 0 Å². The van der Waals surface area contributed by atoms with E-state index in [1.807, 2.05) is 12.1 Å². The number of nitrogens with one attached hydrogen (secondary N) is 1. The molecule has 0 aliphatic carbocycles. The van der Waals surface area contributed by atoms with Gasteiger partial charge in [-0.25, -0.2) is 4.98 Å². The Morgan fingerprint density at radius 1 is 1.20 bits per heavy atom. The molecule has 0 aliphatic rings. The van der Waals surface area contributed by atoms with Gasteiger partial charge in [-0.3, -0.25) is 0 Å². The molecule has 0 atom stereocenters. The van der Waals surface area contributed by atoms with Gasteiger partial charge in [-0.15, -0.1) is 0 Å². The fraction of sp³-hybridized carbons (Fsp3) is 0.267. The Labute approximate surface area is 128 Å². The number of pyridine rings is 1. The number of ether oxygens (including phenoxy) is 1. The molecule has 5 heteroatoms. The van der Waals surface area contributed by atoms with Gasteiger partial charge >= 0.3 is 0 Å². The monoisotopic (exact) mass is 310 g/mol. The molecule has 0 radical (unpaired) electrons. The van der Waals surface area contributed by atoms with Crippen LogP contribution in [0.25, 0.3) is 0 Å². The quantitative estimate of drug-likeness (QED) is 0.870. The van der Waals surface area contributed by atoms with E-state index in [1.54, 1.807) is 24.3 Å². The van der Waals surface area contributed by atoms with Crippen molar-refractivity contribution in [3.05, 3.63) is 52.1 Å². The van der Waals surface area contributed by atoms with Gasteiger partial charge < -0.3 is 10.1 Å². The molecular formula is C15H16Cl2N2O. The van der Waals surface area contributed by atoms with Crippen LogP contribution in [-0.2, 0) is 6.54 Å². The average molecular weight is 311 g/mol. The van der Waals surface area contributed by atoms with Crippen molar-refractivity contribution in [1.82, 2.24) is 10.3 Å². The van der Waals surface area contributed by atoms with Crippen molar-refractivity contribution in [2.45, 2.75) is 26.4 Å². The fourth-order valence-corrected chi connectivity index (χ4v) is 1.91. The first kappa shape index (κ1) is 15.1. The van der Waals surface area contributed by atoms with Gasteiger partial charge in [0.05, 0.1) is 10.7 Å². The first-order valence-electron chi connectivity index (χ1n) is 6.37. The minimum atomic E-state index is 0.406. The van der Waals surface area contributed by atoms with Gasteiger partial charge in [-0.2, -0.15) is 0 Å². The molecule has 0 unspecified atom stereocenters. The number of aromatic nitrogens is 1. The molecule has 1 N–H and O–H groups in total. The maximum absolute atomic E-state index is 6.06. The average Bonchev–Trinajstić information content (AvgIpc) is 2.41. The Balaban J connectivity index is 2.13. The van der Waals surface area contributed by atoms with E-state index in [0.29, 0.717) is 34.3 Å². The fourth-order valence-electron chi connectivity index (χ4n) is 1.59. The first-order valence-corrected chi connectivity index (χ1v) is 7.12. The van der Waals surface area contributed by atoms with Crippen molar-refractivity contribution in [3.8, 4) is 11.6 Å². The lowest BCUT2D eigenvalue weighted by molar-refractivity contribution is 0.458. The summed E-state index contributed by atoms with van der Waals surface area (Å²) in [4.78, 5) is 4.42. The molecule has 0 aliphatic heterocycles. The van der Waals surface area contributed by atoms with Gasteiger partial charge in [-0.1, -0.05) is 43.1 Å². The molecule has 0 bridgehead atoms. The summed E-state index contributed by atoms with van der Waals surface area (Å²) in [5.41, 5.74) is 0.911. The third kappa shape index (κ3) is 4.37. The van der Waals surface area contributed by atoms with Gasteiger partial charge in [-0.05, 0) is 18.2 Å². The van der Waals surface area contributed by atoms with Crippen LogP contribution in [0.3, 0.4) is 0 Å². The van der Waals surface area contributed by atoms with Crippen molar-refractivity contribution < 1.29 is 4.74 Å². The highest BCUT2D eigenvalue weighted by molar-refractivity contribution is 6.34. The lowest BCUT2D eigenvalue weighted by Crippen LogP contribution is -2.22. The topological polar surface area (TPSA) is 34.1 Å². The van der Waals surface area contributed by atoms with E-state index in [-0.39, 0.29) is 0 Å². The van der Waals surface area contributed by atoms with Crippen LogP contribution in [0.15, 0.2) is 36.4 Å². The zero-order valence-corrected chi connectivity index (χ0v) is 12.9. The van der Waals surface area contributed by atoms with Crippen LogP contribution in [0.5, 0.6) is 11.6 Å². The molecule has 0 fully saturated rings. The van der Waals surface area contributed by atoms with E-state index >= 15 is 0 Å². The number of rotatable bonds is 5. The zero-order valence-electron chi connectivity index (χ0n) is 11.4. The summed E-state index contributed by atoms with van der Waals surface area (Å²) in [6.45, 7) is 4.87. The van der Waals surface area contributed by atoms with Crippen LogP contribution in [0.2, 0.25) is 10.0 Å². The minimum Gasteiger partial charge on any atom is -0.437 e. The Kier molecular flexibility index (Phi) is 5.24. The Bertz CT molecular complexity index is 588. The molecule has 0 saturated carbocycles. The number of hydrogen-bond donors (Lipinski definition) is 1. The van der Waals surface area contributed by atoms with E-state index < -0.39 is 0 Å². The van der Waals surface area contributed by atoms with E-state index in [2.05, 4.69) is 24.1 Å². The van der Waals surface area contributed by atoms with Crippen molar-refractivity contribution in [1.29, 1.82) is 0 Å². The normalized spacial score (nSPS) is 10.8. The molecule has 0 amide bonds. The Hall–Kier alpha value is -1.29. The highest BCUT2D eigenvalue weighted by Crippen LogP contribution is 2.31. The van der Waals surface area contributed by atoms with Gasteiger partial charge in [0, 0.05) is 29.7 Å². The van der Waals surface area contributed by atoms with Crippen LogP contribution in [0.4, 0.5) is 0 Å². The van der Waals surface area contributed by atoms with E-state index in [9.17, 15) is 0 Å². The lowest BCUT2D eigenvalue weighted by atomic mass is 10.3. The van der Waals surface area contributed by atoms with Crippen molar-refractivity contribution in [2.24, 2.45) is 0 Å². The lowest BCUT2D eigenvalue weighted by Gasteiger charge is -2.10. The van der Waals surface area contributed by atoms with Crippen LogP contribution >= 0.6 is 23.2 Å². The van der Waals surface area contributed by atoms with Crippen LogP contribution in [0, 0.1) is 0 Å². The second-order valence-electron chi connectivity index (χ2n) is 4.68. The highest BCUT2D eigenvalue weighted by Gasteiger charge is 2.06. The third-order valence-electron chi connectivity index (χ3n) is 2.58. The van der Waals surface area contributed by atoms with Gasteiger partial charge in [0.25, 0.3) is 0 Å². The molecule has 1 aromatic heterocycles. The van der Waals surface area contributed by atoms with E-state index in [1.165, 1.54) is 0 Å². The molecule has 2 rings (SSSR count). The van der Waals surface area contributed by atoms with Gasteiger partial charge in [0.1, 0.15) is 5.75 Å². The van der Waals surface area contributed by atoms with E-state index in [0.717, 1.165) is 5.69 Å². The number of nitrogens with zero attached hydrogens (tertiary/aromatic N) is 1. The molecule has 0 spiro atoms. The molecular weight excluding hydrogens is 295 g/mol. The molecule has 2 aromatic rings. The van der Waals surface area contributed by atoms with Gasteiger partial charge in [0.2, 0.25) is 5.88 Å². The van der Waals surface area contributed by atoms with Crippen LogP contribution < -0.4 is 10.1 Å². The third-order valence-corrected chi connectivity index (χ3v) is 3.13. The zero-order chi connectivity index (χ0) is 14.5. The predicted octanol–water partition coefficient (Wildman–Crippen LogP) is 4.68. The predicted molar refractivity (Wildman–Crippen MR) is 82.7 cm³/mol. The molecule has 20 heavy (non-hydrogen) atoms. The molecule has 3 nitrogen and oxygen atoms in total. The second-order valence-corrected chi connectivity index (χ2v) is 5.52. The smallest absolute Gasteiger partial charge is 0.219 e. The summed E-state index contributed by atoms with van der Waals surface area (Å²) < 4.78 is 5.68. The maximum Gasteiger partial charge on any atom is 0.219 e. The number of hydrogen-bond acceptors (Lipinski definition) is 3. The van der Waals surface area contributed by atoms with Crippen LogP contribution in [-0.4, -0.2) is 11.0 Å². The molecule has 1 heterocycles. The Morgan fingerprint density at radius 3 is 2.75 bits per heavy atom. The minimum absolute atomic E-state index is 0.406. The van der Waals surface area contributed by atoms with Crippen LogP contribution in [0.1, 0.15) is 19.5 Å². The number of benzene rings is 1. The van der Waals surface area contributed by atoms with E-state index in [4.69, 9.17) is 27.9 Å². The van der Waals surface area contributed by atoms with Gasteiger partial charge in [0.15, 0.2) is 0 Å². The summed E-state index contributed by atoms with van der Waals surface area (Å²) in [6, 6.07) is 11.1.